The van der Waals surface area contributed by atoms with Gasteiger partial charge in [0.25, 0.3) is 0 Å². The fourth-order valence-corrected chi connectivity index (χ4v) is 3.93. The number of hydrogen-bond donors (Lipinski definition) is 1. The van der Waals surface area contributed by atoms with Crippen LogP contribution in [0.25, 0.3) is 0 Å². The number of piperidine rings is 1. The second-order valence-electron chi connectivity index (χ2n) is 5.97. The normalized spacial score (nSPS) is 31.4. The molecule has 1 heterocycles. The van der Waals surface area contributed by atoms with E-state index in [1.807, 2.05) is 0 Å². The topological polar surface area (TPSA) is 15.3 Å². The standard InChI is InChI=1S/C15H30N2/c1-3-14(16-2)9-6-12-17-11-5-8-13-7-4-10-15(13)17/h13-16H,3-12H2,1-2H3. The molecule has 0 aromatic carbocycles. The van der Waals surface area contributed by atoms with Crippen molar-refractivity contribution >= 4 is 0 Å². The lowest BCUT2D eigenvalue weighted by atomic mass is 9.91. The van der Waals surface area contributed by atoms with Crippen LogP contribution in [0.5, 0.6) is 0 Å². The van der Waals surface area contributed by atoms with Crippen molar-refractivity contribution in [2.75, 3.05) is 20.1 Å². The molecule has 1 saturated carbocycles. The summed E-state index contributed by atoms with van der Waals surface area (Å²) < 4.78 is 0. The summed E-state index contributed by atoms with van der Waals surface area (Å²) in [5, 5.41) is 3.42. The molecule has 17 heavy (non-hydrogen) atoms. The summed E-state index contributed by atoms with van der Waals surface area (Å²) in [4.78, 5) is 2.81. The summed E-state index contributed by atoms with van der Waals surface area (Å²) in [6, 6.07) is 1.69. The lowest BCUT2D eigenvalue weighted by Crippen LogP contribution is -2.43. The molecular weight excluding hydrogens is 208 g/mol. The van der Waals surface area contributed by atoms with Crippen LogP contribution in [0.3, 0.4) is 0 Å². The highest BCUT2D eigenvalue weighted by atomic mass is 15.2. The summed E-state index contributed by atoms with van der Waals surface area (Å²) >= 11 is 0. The Morgan fingerprint density at radius 1 is 1.24 bits per heavy atom. The molecule has 0 aromatic heterocycles. The molecule has 2 rings (SSSR count). The minimum atomic E-state index is 0.735. The predicted octanol–water partition coefficient (Wildman–Crippen LogP) is 3.03. The molecule has 0 bridgehead atoms. The molecule has 0 radical (unpaired) electrons. The van der Waals surface area contributed by atoms with Gasteiger partial charge in [0.2, 0.25) is 0 Å². The highest BCUT2D eigenvalue weighted by molar-refractivity contribution is 4.89. The summed E-state index contributed by atoms with van der Waals surface area (Å²) in [7, 11) is 2.10. The molecule has 2 aliphatic rings. The van der Waals surface area contributed by atoms with Gasteiger partial charge in [-0.15, -0.1) is 0 Å². The van der Waals surface area contributed by atoms with Crippen LogP contribution in [0.4, 0.5) is 0 Å². The first-order chi connectivity index (χ1) is 8.35. The zero-order valence-corrected chi connectivity index (χ0v) is 11.8. The molecule has 2 fully saturated rings. The fourth-order valence-electron chi connectivity index (χ4n) is 3.93. The maximum atomic E-state index is 3.42. The molecule has 1 aliphatic heterocycles. The third-order valence-corrected chi connectivity index (χ3v) is 5.01. The Kier molecular flexibility index (Phi) is 5.30. The van der Waals surface area contributed by atoms with Crippen LogP contribution in [-0.4, -0.2) is 37.1 Å². The second-order valence-corrected chi connectivity index (χ2v) is 5.97. The minimum Gasteiger partial charge on any atom is -0.317 e. The quantitative estimate of drug-likeness (QED) is 0.765. The number of nitrogens with zero attached hydrogens (tertiary/aromatic N) is 1. The minimum absolute atomic E-state index is 0.735. The molecule has 0 aromatic rings. The first kappa shape index (κ1) is 13.4. The van der Waals surface area contributed by atoms with E-state index >= 15 is 0 Å². The lowest BCUT2D eigenvalue weighted by molar-refractivity contribution is 0.110. The average Bonchev–Trinajstić information content (AvgIpc) is 2.83. The fraction of sp³-hybridized carbons (Fsp3) is 1.00. The largest absolute Gasteiger partial charge is 0.317 e. The molecule has 2 heteroatoms. The van der Waals surface area contributed by atoms with Gasteiger partial charge in [0.1, 0.15) is 0 Å². The van der Waals surface area contributed by atoms with Gasteiger partial charge in [0.15, 0.2) is 0 Å². The molecule has 1 saturated heterocycles. The number of fused-ring (bicyclic) bond motifs is 1. The highest BCUT2D eigenvalue weighted by Gasteiger charge is 2.34. The molecule has 3 unspecified atom stereocenters. The van der Waals surface area contributed by atoms with Crippen LogP contribution >= 0.6 is 0 Å². The smallest absolute Gasteiger partial charge is 0.0123 e. The van der Waals surface area contributed by atoms with Gasteiger partial charge in [-0.25, -0.2) is 0 Å². The second kappa shape index (κ2) is 6.75. The van der Waals surface area contributed by atoms with Crippen molar-refractivity contribution in [2.24, 2.45) is 5.92 Å². The van der Waals surface area contributed by atoms with Crippen LogP contribution in [0.1, 0.15) is 58.3 Å². The predicted molar refractivity (Wildman–Crippen MR) is 74.3 cm³/mol. The highest BCUT2D eigenvalue weighted by Crippen LogP contribution is 2.36. The van der Waals surface area contributed by atoms with E-state index in [0.29, 0.717) is 0 Å². The summed E-state index contributed by atoms with van der Waals surface area (Å²) in [6.07, 6.45) is 11.4. The number of hydrogen-bond acceptors (Lipinski definition) is 2. The van der Waals surface area contributed by atoms with Crippen LogP contribution in [-0.2, 0) is 0 Å². The van der Waals surface area contributed by atoms with Crippen LogP contribution in [0.2, 0.25) is 0 Å². The van der Waals surface area contributed by atoms with Gasteiger partial charge in [-0.1, -0.05) is 13.3 Å². The van der Waals surface area contributed by atoms with Crippen molar-refractivity contribution in [1.29, 1.82) is 0 Å². The maximum absolute atomic E-state index is 3.42. The third kappa shape index (κ3) is 3.45. The monoisotopic (exact) mass is 238 g/mol. The van der Waals surface area contributed by atoms with E-state index in [-0.39, 0.29) is 0 Å². The molecule has 0 spiro atoms. The third-order valence-electron chi connectivity index (χ3n) is 5.01. The molecule has 1 aliphatic carbocycles. The first-order valence-corrected chi connectivity index (χ1v) is 7.76. The van der Waals surface area contributed by atoms with E-state index in [0.717, 1.165) is 18.0 Å². The molecule has 3 atom stereocenters. The Hall–Kier alpha value is -0.0800. The van der Waals surface area contributed by atoms with Gasteiger partial charge in [-0.3, -0.25) is 0 Å². The van der Waals surface area contributed by atoms with E-state index in [2.05, 4.69) is 24.2 Å². The van der Waals surface area contributed by atoms with E-state index in [9.17, 15) is 0 Å². The van der Waals surface area contributed by atoms with E-state index in [1.54, 1.807) is 0 Å². The van der Waals surface area contributed by atoms with Gasteiger partial charge in [-0.05, 0) is 71.0 Å². The van der Waals surface area contributed by atoms with Crippen molar-refractivity contribution in [3.8, 4) is 0 Å². The Morgan fingerprint density at radius 2 is 2.06 bits per heavy atom. The van der Waals surface area contributed by atoms with Gasteiger partial charge >= 0.3 is 0 Å². The Bertz CT molecular complexity index is 213. The van der Waals surface area contributed by atoms with Crippen molar-refractivity contribution in [3.05, 3.63) is 0 Å². The SMILES string of the molecule is CCC(CCCN1CCCC2CCCC21)NC. The Balaban J connectivity index is 1.71. The van der Waals surface area contributed by atoms with Gasteiger partial charge in [0, 0.05) is 12.1 Å². The first-order valence-electron chi connectivity index (χ1n) is 7.76. The maximum Gasteiger partial charge on any atom is 0.0123 e. The zero-order chi connectivity index (χ0) is 12.1. The summed E-state index contributed by atoms with van der Waals surface area (Å²) in [6.45, 7) is 5.01. The van der Waals surface area contributed by atoms with Crippen LogP contribution in [0, 0.1) is 5.92 Å². The number of nitrogens with one attached hydrogen (secondary N) is 1. The van der Waals surface area contributed by atoms with Crippen LogP contribution in [0.15, 0.2) is 0 Å². The van der Waals surface area contributed by atoms with E-state index < -0.39 is 0 Å². The number of likely N-dealkylation sites (tertiary alicyclic amines) is 1. The van der Waals surface area contributed by atoms with Crippen molar-refractivity contribution in [1.82, 2.24) is 10.2 Å². The van der Waals surface area contributed by atoms with Crippen LogP contribution < -0.4 is 5.32 Å². The van der Waals surface area contributed by atoms with Crippen molar-refractivity contribution < 1.29 is 0 Å². The lowest BCUT2D eigenvalue weighted by Gasteiger charge is -2.38. The van der Waals surface area contributed by atoms with E-state index in [4.69, 9.17) is 0 Å². The van der Waals surface area contributed by atoms with Gasteiger partial charge < -0.3 is 10.2 Å². The molecule has 1 N–H and O–H groups in total. The average molecular weight is 238 g/mol. The Labute approximate surface area is 107 Å². The van der Waals surface area contributed by atoms with E-state index in [1.165, 1.54) is 64.5 Å². The summed E-state index contributed by atoms with van der Waals surface area (Å²) in [5.41, 5.74) is 0. The molecular formula is C15H30N2. The van der Waals surface area contributed by atoms with Gasteiger partial charge in [0.05, 0.1) is 0 Å². The zero-order valence-electron chi connectivity index (χ0n) is 11.8. The van der Waals surface area contributed by atoms with Crippen molar-refractivity contribution in [2.45, 2.75) is 70.4 Å². The van der Waals surface area contributed by atoms with Gasteiger partial charge in [-0.2, -0.15) is 0 Å². The molecule has 100 valence electrons. The molecule has 2 nitrogen and oxygen atoms in total. The number of rotatable bonds is 6. The van der Waals surface area contributed by atoms with Crippen molar-refractivity contribution in [3.63, 3.8) is 0 Å². The summed E-state index contributed by atoms with van der Waals surface area (Å²) in [5.74, 6) is 1.05. The Morgan fingerprint density at radius 3 is 2.82 bits per heavy atom. The molecule has 0 amide bonds.